The van der Waals surface area contributed by atoms with Gasteiger partial charge in [0.15, 0.2) is 0 Å². The summed E-state index contributed by atoms with van der Waals surface area (Å²) in [7, 11) is 1.67. The zero-order valence-electron chi connectivity index (χ0n) is 9.02. The average molecular weight is 211 g/mol. The summed E-state index contributed by atoms with van der Waals surface area (Å²) in [5.41, 5.74) is 8.12. The van der Waals surface area contributed by atoms with E-state index in [0.717, 1.165) is 32.4 Å². The van der Waals surface area contributed by atoms with Gasteiger partial charge in [-0.3, -0.25) is 9.69 Å². The number of nitrogens with zero attached hydrogens (tertiary/aromatic N) is 4. The summed E-state index contributed by atoms with van der Waals surface area (Å²) in [6.07, 6.45) is 2.82. The van der Waals surface area contributed by atoms with E-state index in [1.165, 1.54) is 0 Å². The van der Waals surface area contributed by atoms with E-state index in [-0.39, 0.29) is 11.9 Å². The summed E-state index contributed by atoms with van der Waals surface area (Å²) in [6, 6.07) is 0.0149. The lowest BCUT2D eigenvalue weighted by molar-refractivity contribution is -0.124. The van der Waals surface area contributed by atoms with Gasteiger partial charge in [-0.25, -0.2) is 0 Å². The van der Waals surface area contributed by atoms with Gasteiger partial charge < -0.3 is 5.32 Å². The molecule has 0 aliphatic carbocycles. The molecule has 1 aliphatic rings. The summed E-state index contributed by atoms with van der Waals surface area (Å²) >= 11 is 0. The van der Waals surface area contributed by atoms with Gasteiger partial charge in [-0.15, -0.1) is 0 Å². The van der Waals surface area contributed by atoms with Gasteiger partial charge >= 0.3 is 0 Å². The highest BCUT2D eigenvalue weighted by Crippen LogP contribution is 2.17. The number of azide groups is 1. The van der Waals surface area contributed by atoms with Crippen molar-refractivity contribution in [2.75, 3.05) is 26.7 Å². The van der Waals surface area contributed by atoms with E-state index < -0.39 is 0 Å². The number of carbonyl (C=O) groups excluding carboxylic acids is 1. The Labute approximate surface area is 89.3 Å². The van der Waals surface area contributed by atoms with Gasteiger partial charge in [0.25, 0.3) is 0 Å². The maximum Gasteiger partial charge on any atom is 0.237 e. The lowest BCUT2D eigenvalue weighted by Crippen LogP contribution is -2.42. The molecule has 0 spiro atoms. The molecule has 1 heterocycles. The van der Waals surface area contributed by atoms with Gasteiger partial charge in [-0.05, 0) is 37.9 Å². The number of likely N-dealkylation sites (tertiary alicyclic amines) is 1. The smallest absolute Gasteiger partial charge is 0.237 e. The highest BCUT2D eigenvalue weighted by molar-refractivity contribution is 5.81. The molecule has 1 atom stereocenters. The first-order valence-corrected chi connectivity index (χ1v) is 5.26. The van der Waals surface area contributed by atoms with Crippen LogP contribution in [0.25, 0.3) is 10.4 Å². The number of hydrogen-bond donors (Lipinski definition) is 1. The fourth-order valence-electron chi connectivity index (χ4n) is 1.95. The quantitative estimate of drug-likeness (QED) is 0.317. The molecule has 1 unspecified atom stereocenters. The highest BCUT2D eigenvalue weighted by Gasteiger charge is 2.28. The Hall–Kier alpha value is -1.26. The molecular formula is C9H17N5O. The van der Waals surface area contributed by atoms with Crippen LogP contribution in [-0.4, -0.2) is 43.5 Å². The topological polar surface area (TPSA) is 81.1 Å². The number of likely N-dealkylation sites (N-methyl/N-ethyl adjacent to an activating group) is 1. The van der Waals surface area contributed by atoms with E-state index in [1.54, 1.807) is 7.05 Å². The van der Waals surface area contributed by atoms with Crippen molar-refractivity contribution in [3.8, 4) is 0 Å². The molecule has 0 aromatic carbocycles. The fraction of sp³-hybridized carbons (Fsp3) is 0.889. The summed E-state index contributed by atoms with van der Waals surface area (Å²) < 4.78 is 0. The first-order chi connectivity index (χ1) is 7.29. The second-order valence-corrected chi connectivity index (χ2v) is 3.62. The molecule has 0 saturated carbocycles. The van der Waals surface area contributed by atoms with Crippen LogP contribution in [0.2, 0.25) is 0 Å². The third-order valence-electron chi connectivity index (χ3n) is 2.68. The molecule has 6 nitrogen and oxygen atoms in total. The van der Waals surface area contributed by atoms with E-state index in [9.17, 15) is 4.79 Å². The first-order valence-electron chi connectivity index (χ1n) is 5.26. The van der Waals surface area contributed by atoms with Crippen LogP contribution in [0.5, 0.6) is 0 Å². The standard InChI is InChI=1S/C9H17N5O/c1-11-9(15)8-4-2-6-14(8)7-3-5-12-13-10/h8H,2-7H2,1H3,(H,11,15). The first kappa shape index (κ1) is 11.8. The van der Waals surface area contributed by atoms with Crippen LogP contribution in [-0.2, 0) is 4.79 Å². The number of carbonyl (C=O) groups is 1. The van der Waals surface area contributed by atoms with Crippen molar-refractivity contribution in [3.63, 3.8) is 0 Å². The van der Waals surface area contributed by atoms with Crippen molar-refractivity contribution in [2.24, 2.45) is 5.11 Å². The number of nitrogens with one attached hydrogen (secondary N) is 1. The highest BCUT2D eigenvalue weighted by atomic mass is 16.2. The maximum atomic E-state index is 11.5. The molecule has 1 aliphatic heterocycles. The summed E-state index contributed by atoms with van der Waals surface area (Å²) in [4.78, 5) is 16.3. The monoisotopic (exact) mass is 211 g/mol. The minimum atomic E-state index is 0.0149. The number of amides is 1. The molecule has 15 heavy (non-hydrogen) atoms. The van der Waals surface area contributed by atoms with Crippen molar-refractivity contribution < 1.29 is 4.79 Å². The van der Waals surface area contributed by atoms with Gasteiger partial charge in [-0.1, -0.05) is 5.11 Å². The van der Waals surface area contributed by atoms with Crippen molar-refractivity contribution >= 4 is 5.91 Å². The SMILES string of the molecule is CNC(=O)C1CCCN1CCCN=[N+]=[N-]. The Kier molecular flexibility index (Phi) is 4.93. The Morgan fingerprint density at radius 2 is 2.53 bits per heavy atom. The zero-order valence-corrected chi connectivity index (χ0v) is 9.02. The molecule has 1 amide bonds. The minimum absolute atomic E-state index is 0.0149. The molecule has 1 fully saturated rings. The Balaban J connectivity index is 2.33. The van der Waals surface area contributed by atoms with Gasteiger partial charge in [-0.2, -0.15) is 0 Å². The lowest BCUT2D eigenvalue weighted by Gasteiger charge is -2.22. The molecule has 0 aromatic heterocycles. The lowest BCUT2D eigenvalue weighted by atomic mass is 10.2. The Morgan fingerprint density at radius 3 is 3.20 bits per heavy atom. The molecule has 0 bridgehead atoms. The van der Waals surface area contributed by atoms with Crippen LogP contribution in [0, 0.1) is 0 Å². The normalized spacial score (nSPS) is 21.0. The zero-order chi connectivity index (χ0) is 11.1. The summed E-state index contributed by atoms with van der Waals surface area (Å²) in [5, 5.41) is 6.15. The fourth-order valence-corrected chi connectivity index (χ4v) is 1.95. The summed E-state index contributed by atoms with van der Waals surface area (Å²) in [6.45, 7) is 2.30. The van der Waals surface area contributed by atoms with Gasteiger partial charge in [0.2, 0.25) is 5.91 Å². The van der Waals surface area contributed by atoms with Crippen molar-refractivity contribution in [3.05, 3.63) is 10.4 Å². The van der Waals surface area contributed by atoms with Gasteiger partial charge in [0, 0.05) is 18.5 Å². The summed E-state index contributed by atoms with van der Waals surface area (Å²) in [5.74, 6) is 0.0938. The predicted molar refractivity (Wildman–Crippen MR) is 57.3 cm³/mol. The van der Waals surface area contributed by atoms with Crippen molar-refractivity contribution in [1.82, 2.24) is 10.2 Å². The maximum absolute atomic E-state index is 11.5. The molecule has 0 radical (unpaired) electrons. The van der Waals surface area contributed by atoms with E-state index in [2.05, 4.69) is 20.2 Å². The van der Waals surface area contributed by atoms with Crippen LogP contribution >= 0.6 is 0 Å². The molecule has 6 heteroatoms. The van der Waals surface area contributed by atoms with Gasteiger partial charge in [0.05, 0.1) is 6.04 Å². The van der Waals surface area contributed by atoms with Crippen molar-refractivity contribution in [1.29, 1.82) is 0 Å². The van der Waals surface area contributed by atoms with Crippen LogP contribution in [0.1, 0.15) is 19.3 Å². The van der Waals surface area contributed by atoms with E-state index in [4.69, 9.17) is 5.53 Å². The van der Waals surface area contributed by atoms with E-state index in [1.807, 2.05) is 0 Å². The van der Waals surface area contributed by atoms with Crippen LogP contribution < -0.4 is 5.32 Å². The Morgan fingerprint density at radius 1 is 1.73 bits per heavy atom. The van der Waals surface area contributed by atoms with Crippen molar-refractivity contribution in [2.45, 2.75) is 25.3 Å². The number of hydrogen-bond acceptors (Lipinski definition) is 3. The third-order valence-corrected chi connectivity index (χ3v) is 2.68. The molecule has 84 valence electrons. The van der Waals surface area contributed by atoms with Crippen LogP contribution in [0.15, 0.2) is 5.11 Å². The van der Waals surface area contributed by atoms with E-state index >= 15 is 0 Å². The Bertz CT molecular complexity index is 261. The van der Waals surface area contributed by atoms with Crippen LogP contribution in [0.3, 0.4) is 0 Å². The predicted octanol–water partition coefficient (Wildman–Crippen LogP) is 0.897. The molecule has 1 rings (SSSR count). The largest absolute Gasteiger partial charge is 0.358 e. The average Bonchev–Trinajstić information content (AvgIpc) is 2.71. The molecule has 1 N–H and O–H groups in total. The van der Waals surface area contributed by atoms with Crippen LogP contribution in [0.4, 0.5) is 0 Å². The minimum Gasteiger partial charge on any atom is -0.358 e. The van der Waals surface area contributed by atoms with Gasteiger partial charge in [0.1, 0.15) is 0 Å². The number of rotatable bonds is 5. The molecular weight excluding hydrogens is 194 g/mol. The molecule has 1 saturated heterocycles. The second kappa shape index (κ2) is 6.27. The third kappa shape index (κ3) is 3.42. The van der Waals surface area contributed by atoms with E-state index in [0.29, 0.717) is 6.54 Å². The molecule has 0 aromatic rings. The second-order valence-electron chi connectivity index (χ2n) is 3.62.